The van der Waals surface area contributed by atoms with Crippen molar-refractivity contribution in [2.24, 2.45) is 0 Å². The van der Waals surface area contributed by atoms with Gasteiger partial charge in [0.25, 0.3) is 3.68 Å². The maximum absolute atomic E-state index is 11.9. The van der Waals surface area contributed by atoms with Gasteiger partial charge in [-0.2, -0.15) is 0 Å². The van der Waals surface area contributed by atoms with E-state index in [0.29, 0.717) is 0 Å². The fourth-order valence-electron chi connectivity index (χ4n) is 0. The number of carboxylic acid groups (broad SMARTS) is 1. The van der Waals surface area contributed by atoms with E-state index in [1.807, 2.05) is 0 Å². The van der Waals surface area contributed by atoms with Gasteiger partial charge in [-0.15, -0.1) is 0 Å². The Labute approximate surface area is 94.5 Å². The topological polar surface area (TPSA) is 101 Å². The Balaban J connectivity index is -0.000000142. The average molecular weight is 286 g/mol. The Bertz CT molecular complexity index is 126. The molecule has 12 heavy (non-hydrogen) atoms. The predicted molar refractivity (Wildman–Crippen MR) is 41.4 cm³/mol. The molecule has 0 aliphatic heterocycles. The third-order valence-corrected chi connectivity index (χ3v) is 0.837. The molecule has 0 fully saturated rings. The van der Waals surface area contributed by atoms with Gasteiger partial charge in [-0.1, -0.05) is 0 Å². The summed E-state index contributed by atoms with van der Waals surface area (Å²) in [7, 11) is -2.42. The molecule has 0 rings (SSSR count). The zero-order chi connectivity index (χ0) is 9.65. The van der Waals surface area contributed by atoms with E-state index in [2.05, 4.69) is 0 Å². The largest absolute Gasteiger partial charge is 1.00 e. The van der Waals surface area contributed by atoms with Gasteiger partial charge in [0.1, 0.15) is 0 Å². The summed E-state index contributed by atoms with van der Waals surface area (Å²) in [6, 6.07) is 0. The van der Waals surface area contributed by atoms with E-state index in [4.69, 9.17) is 20.2 Å². The summed E-state index contributed by atoms with van der Waals surface area (Å²) in [6.07, 6.45) is 0. The van der Waals surface area contributed by atoms with Gasteiger partial charge in [0.15, 0.2) is 0 Å². The van der Waals surface area contributed by atoms with Crippen molar-refractivity contribution in [2.45, 2.75) is 10.6 Å². The van der Waals surface area contributed by atoms with Crippen LogP contribution in [-0.2, 0) is 4.79 Å². The second-order valence-corrected chi connectivity index (χ2v) is 3.55. The van der Waals surface area contributed by atoms with E-state index in [-0.39, 0.29) is 18.9 Å². The fraction of sp³-hybridized carbons (Fsp3) is 0.667. The summed E-state index contributed by atoms with van der Waals surface area (Å²) in [4.78, 5) is 9.64. The van der Waals surface area contributed by atoms with Gasteiger partial charge in [-0.3, -0.25) is 0 Å². The molecule has 0 aromatic heterocycles. The van der Waals surface area contributed by atoms with Crippen molar-refractivity contribution in [1.29, 1.82) is 0 Å². The molecule has 0 saturated heterocycles. The van der Waals surface area contributed by atoms with E-state index >= 15 is 0 Å². The standard InChI is InChI=1S/C3H4FIO2.BH2O3.Li/c1-3(4,5)2(6)7;2-1(3)4;/h1H3,(H,6,7);2-3H;/q;-1;+1. The summed E-state index contributed by atoms with van der Waals surface area (Å²) < 4.78 is 9.79. The van der Waals surface area contributed by atoms with Gasteiger partial charge in [0, 0.05) is 0 Å². The van der Waals surface area contributed by atoms with Gasteiger partial charge in [-0.25, -0.2) is 9.18 Å². The minimum absolute atomic E-state index is 0. The number of hydrogen-bond donors (Lipinski definition) is 3. The molecule has 3 N–H and O–H groups in total. The zero-order valence-electron chi connectivity index (χ0n) is 6.49. The molecular formula is C3H6BFILiO5. The van der Waals surface area contributed by atoms with Crippen molar-refractivity contribution in [3.05, 3.63) is 0 Å². The maximum Gasteiger partial charge on any atom is 1.00 e. The molecule has 1 atom stereocenters. The van der Waals surface area contributed by atoms with Crippen LogP contribution in [0, 0.1) is 0 Å². The number of hydrogen-bond acceptors (Lipinski definition) is 4. The molecule has 0 radical (unpaired) electrons. The first kappa shape index (κ1) is 18.5. The Kier molecular flexibility index (Phi) is 12.7. The van der Waals surface area contributed by atoms with Gasteiger partial charge >= 0.3 is 32.2 Å². The summed E-state index contributed by atoms with van der Waals surface area (Å²) >= 11 is 1.20. The summed E-state index contributed by atoms with van der Waals surface area (Å²) in [5.41, 5.74) is 0. The molecule has 5 nitrogen and oxygen atoms in total. The first-order chi connectivity index (χ1) is 4.68. The van der Waals surface area contributed by atoms with Gasteiger partial charge in [0.2, 0.25) is 0 Å². The molecule has 0 spiro atoms. The van der Waals surface area contributed by atoms with Gasteiger partial charge in [0.05, 0.1) is 0 Å². The van der Waals surface area contributed by atoms with E-state index in [9.17, 15) is 9.18 Å². The van der Waals surface area contributed by atoms with Crippen LogP contribution in [0.3, 0.4) is 0 Å². The molecule has 0 aliphatic carbocycles. The molecule has 66 valence electrons. The van der Waals surface area contributed by atoms with Crippen molar-refractivity contribution in [3.63, 3.8) is 0 Å². The van der Waals surface area contributed by atoms with Crippen LogP contribution >= 0.6 is 22.6 Å². The van der Waals surface area contributed by atoms with Crippen LogP contribution in [0.1, 0.15) is 6.92 Å². The first-order valence-corrected chi connectivity index (χ1v) is 3.39. The van der Waals surface area contributed by atoms with E-state index in [0.717, 1.165) is 6.92 Å². The van der Waals surface area contributed by atoms with E-state index in [1.165, 1.54) is 22.6 Å². The fourth-order valence-corrected chi connectivity index (χ4v) is 0. The Morgan fingerprint density at radius 1 is 1.67 bits per heavy atom. The molecule has 0 saturated carbocycles. The second-order valence-electron chi connectivity index (χ2n) is 1.52. The Morgan fingerprint density at radius 2 is 1.75 bits per heavy atom. The average Bonchev–Trinajstić information content (AvgIpc) is 1.59. The van der Waals surface area contributed by atoms with Crippen LogP contribution < -0.4 is 23.9 Å². The maximum atomic E-state index is 11.9. The number of alkyl halides is 2. The monoisotopic (exact) mass is 286 g/mol. The van der Waals surface area contributed by atoms with Crippen LogP contribution in [0.2, 0.25) is 0 Å². The molecule has 0 aromatic carbocycles. The van der Waals surface area contributed by atoms with Gasteiger partial charge < -0.3 is 20.2 Å². The minimum atomic E-state index is -2.42. The molecule has 0 heterocycles. The number of halogens is 2. The smallest absolute Gasteiger partial charge is 0.832 e. The van der Waals surface area contributed by atoms with Crippen molar-refractivity contribution in [3.8, 4) is 0 Å². The first-order valence-electron chi connectivity index (χ1n) is 2.31. The molecule has 0 aliphatic rings. The Hall–Kier alpha value is 0.672. The Morgan fingerprint density at radius 3 is 1.75 bits per heavy atom. The van der Waals surface area contributed by atoms with Crippen LogP contribution in [0.25, 0.3) is 0 Å². The molecule has 0 amide bonds. The van der Waals surface area contributed by atoms with E-state index < -0.39 is 17.0 Å². The molecule has 0 aromatic rings. The predicted octanol–water partition coefficient (Wildman–Crippen LogP) is -4.49. The van der Waals surface area contributed by atoms with Crippen LogP contribution in [0.15, 0.2) is 0 Å². The normalized spacial score (nSPS) is 12.8. The van der Waals surface area contributed by atoms with Crippen molar-refractivity contribution in [2.75, 3.05) is 0 Å². The number of rotatable bonds is 1. The number of aliphatic carboxylic acids is 1. The molecular weight excluding hydrogens is 280 g/mol. The van der Waals surface area contributed by atoms with Gasteiger partial charge in [-0.05, 0) is 29.5 Å². The molecule has 0 bridgehead atoms. The van der Waals surface area contributed by atoms with Crippen LogP contribution in [0.4, 0.5) is 4.39 Å². The van der Waals surface area contributed by atoms with Crippen LogP contribution in [-0.4, -0.2) is 32.1 Å². The minimum Gasteiger partial charge on any atom is -0.832 e. The third-order valence-electron chi connectivity index (χ3n) is 0.376. The third kappa shape index (κ3) is 22.4. The summed E-state index contributed by atoms with van der Waals surface area (Å²) in [5.74, 6) is -1.44. The quantitative estimate of drug-likeness (QED) is 0.256. The zero-order valence-corrected chi connectivity index (χ0v) is 8.65. The van der Waals surface area contributed by atoms with Crippen molar-refractivity contribution in [1.82, 2.24) is 0 Å². The van der Waals surface area contributed by atoms with Crippen molar-refractivity contribution >= 4 is 35.9 Å². The second kappa shape index (κ2) is 8.28. The summed E-state index contributed by atoms with van der Waals surface area (Å²) in [5, 5.41) is 30.6. The summed E-state index contributed by atoms with van der Waals surface area (Å²) in [6.45, 7) is 0.982. The number of carbonyl (C=O) groups is 1. The molecule has 9 heteroatoms. The van der Waals surface area contributed by atoms with Crippen LogP contribution in [0.5, 0.6) is 0 Å². The van der Waals surface area contributed by atoms with E-state index in [1.54, 1.807) is 0 Å². The molecule has 1 unspecified atom stereocenters. The SMILES string of the molecule is CC(F)(I)C(=O)O.[Li+].[O-]B(O)O. The number of carboxylic acids is 1. The van der Waals surface area contributed by atoms with Crippen molar-refractivity contribution < 1.29 is 48.2 Å².